The van der Waals surface area contributed by atoms with E-state index >= 15 is 0 Å². The summed E-state index contributed by atoms with van der Waals surface area (Å²) in [5, 5.41) is 0.205. The second-order valence-electron chi connectivity index (χ2n) is 15.3. The number of epoxide rings is 1. The minimum Gasteiger partial charge on any atom is -0.547 e. The molecule has 0 aromatic heterocycles. The summed E-state index contributed by atoms with van der Waals surface area (Å²) in [4.78, 5) is 0. The fourth-order valence-electron chi connectivity index (χ4n) is 5.11. The Labute approximate surface area is 252 Å². The highest BCUT2D eigenvalue weighted by Gasteiger charge is 2.46. The second-order valence-corrected chi connectivity index (χ2v) is 21.0. The van der Waals surface area contributed by atoms with Gasteiger partial charge in [0.25, 0.3) is 0 Å². The third-order valence-electron chi connectivity index (χ3n) is 9.44. The van der Waals surface area contributed by atoms with Crippen LogP contribution in [0.2, 0.25) is 18.1 Å². The highest BCUT2D eigenvalue weighted by Crippen LogP contribution is 2.43. The van der Waals surface area contributed by atoms with Gasteiger partial charge >= 0.3 is 0 Å². The number of ether oxygens (including phenoxy) is 1. The Hall–Kier alpha value is -0.583. The average Bonchev–Trinajstić information content (AvgIpc) is 3.41. The molecule has 224 valence electrons. The molecule has 1 heterocycles. The molecule has 0 amide bonds. The van der Waals surface area contributed by atoms with Crippen LogP contribution in [0, 0.1) is 5.41 Å². The molecule has 1 saturated heterocycles. The molecule has 0 spiro atoms. The van der Waals surface area contributed by atoms with Gasteiger partial charge in [-0.1, -0.05) is 79.4 Å². The summed E-state index contributed by atoms with van der Waals surface area (Å²) < 4.78 is 14.1. The molecule has 0 aromatic carbocycles. The van der Waals surface area contributed by atoms with Crippen LogP contribution in [0.5, 0.6) is 0 Å². The smallest absolute Gasteiger partial charge is 0.250 e. The number of halogens is 1. The standard InChI is InChI=1S/C35H61BrO2Si/c1-26(15-13-16-27(2)19-22-32-35(9,10)37-32)17-14-18-31(38-39(11,12)33(4,5)6)28(3)20-21-29-23-24-34(7,8)25-30(29)36/h16-17,32H,13-15,18-25H2,1-12H3/b26-17+,27-16+,31-28-/t32-/m0/s1. The van der Waals surface area contributed by atoms with E-state index in [1.807, 2.05) is 0 Å². The van der Waals surface area contributed by atoms with Crippen molar-refractivity contribution in [2.45, 2.75) is 170 Å². The monoisotopic (exact) mass is 620 g/mol. The predicted octanol–water partition coefficient (Wildman–Crippen LogP) is 12.3. The zero-order valence-corrected chi connectivity index (χ0v) is 30.3. The van der Waals surface area contributed by atoms with E-state index in [2.05, 4.69) is 110 Å². The Morgan fingerprint density at radius 1 is 0.974 bits per heavy atom. The van der Waals surface area contributed by atoms with Gasteiger partial charge in [0.1, 0.15) is 0 Å². The van der Waals surface area contributed by atoms with Gasteiger partial charge in [0.05, 0.1) is 17.5 Å². The summed E-state index contributed by atoms with van der Waals surface area (Å²) in [7, 11) is -1.88. The summed E-state index contributed by atoms with van der Waals surface area (Å²) in [6.07, 6.45) is 17.9. The quantitative estimate of drug-likeness (QED) is 0.0833. The predicted molar refractivity (Wildman–Crippen MR) is 178 cm³/mol. The van der Waals surface area contributed by atoms with Crippen molar-refractivity contribution in [3.05, 3.63) is 44.7 Å². The lowest BCUT2D eigenvalue weighted by Gasteiger charge is -2.38. The second kappa shape index (κ2) is 14.1. The lowest BCUT2D eigenvalue weighted by molar-refractivity contribution is 0.319. The summed E-state index contributed by atoms with van der Waals surface area (Å²) in [6, 6.07) is 0. The van der Waals surface area contributed by atoms with E-state index in [4.69, 9.17) is 9.16 Å². The summed E-state index contributed by atoms with van der Waals surface area (Å²) in [5.41, 5.74) is 6.60. The fraction of sp³-hybridized carbons (Fsp3) is 0.771. The minimum atomic E-state index is -1.88. The van der Waals surface area contributed by atoms with Crippen molar-refractivity contribution >= 4 is 24.2 Å². The van der Waals surface area contributed by atoms with Crippen molar-refractivity contribution in [2.75, 3.05) is 0 Å². The van der Waals surface area contributed by atoms with E-state index in [9.17, 15) is 0 Å². The average molecular weight is 622 g/mol. The van der Waals surface area contributed by atoms with Crippen LogP contribution in [0.3, 0.4) is 0 Å². The van der Waals surface area contributed by atoms with Gasteiger partial charge in [-0.25, -0.2) is 0 Å². The first-order chi connectivity index (χ1) is 17.8. The molecule has 0 radical (unpaired) electrons. The summed E-state index contributed by atoms with van der Waals surface area (Å²) >= 11 is 3.92. The van der Waals surface area contributed by atoms with Gasteiger partial charge in [-0.3, -0.25) is 0 Å². The topological polar surface area (TPSA) is 21.8 Å². The minimum absolute atomic E-state index is 0.112. The van der Waals surface area contributed by atoms with Crippen molar-refractivity contribution < 1.29 is 9.16 Å². The Morgan fingerprint density at radius 3 is 2.08 bits per heavy atom. The number of hydrogen-bond acceptors (Lipinski definition) is 2. The highest BCUT2D eigenvalue weighted by molar-refractivity contribution is 9.11. The Kier molecular flexibility index (Phi) is 12.5. The van der Waals surface area contributed by atoms with Crippen LogP contribution in [0.15, 0.2) is 44.7 Å². The van der Waals surface area contributed by atoms with E-state index in [0.717, 1.165) is 51.4 Å². The van der Waals surface area contributed by atoms with Gasteiger partial charge in [0, 0.05) is 6.42 Å². The molecule has 1 atom stereocenters. The van der Waals surface area contributed by atoms with Crippen molar-refractivity contribution in [1.82, 2.24) is 0 Å². The molecule has 1 aliphatic carbocycles. The van der Waals surface area contributed by atoms with Crippen LogP contribution in [0.4, 0.5) is 0 Å². The molecular weight excluding hydrogens is 560 g/mol. The van der Waals surface area contributed by atoms with Crippen molar-refractivity contribution in [3.63, 3.8) is 0 Å². The van der Waals surface area contributed by atoms with E-state index in [0.29, 0.717) is 11.5 Å². The molecule has 2 aliphatic rings. The molecule has 0 unspecified atom stereocenters. The largest absolute Gasteiger partial charge is 0.547 e. The Bertz CT molecular complexity index is 956. The molecule has 2 rings (SSSR count). The molecule has 1 aliphatic heterocycles. The third-order valence-corrected chi connectivity index (χ3v) is 14.7. The highest BCUT2D eigenvalue weighted by atomic mass is 79.9. The van der Waals surface area contributed by atoms with Crippen LogP contribution >= 0.6 is 15.9 Å². The van der Waals surface area contributed by atoms with E-state index in [1.54, 1.807) is 5.57 Å². The van der Waals surface area contributed by atoms with Crippen molar-refractivity contribution in [2.24, 2.45) is 5.41 Å². The Balaban J connectivity index is 1.97. The fourth-order valence-corrected chi connectivity index (χ4v) is 7.46. The normalized spacial score (nSPS) is 22.6. The maximum atomic E-state index is 6.97. The van der Waals surface area contributed by atoms with Gasteiger partial charge in [0.2, 0.25) is 8.32 Å². The van der Waals surface area contributed by atoms with Crippen LogP contribution in [-0.4, -0.2) is 20.0 Å². The third kappa shape index (κ3) is 11.7. The van der Waals surface area contributed by atoms with E-state index in [-0.39, 0.29) is 10.6 Å². The summed E-state index contributed by atoms with van der Waals surface area (Å²) in [5.74, 6) is 1.26. The zero-order chi connectivity index (χ0) is 29.6. The van der Waals surface area contributed by atoms with Gasteiger partial charge in [-0.2, -0.15) is 0 Å². The van der Waals surface area contributed by atoms with Crippen LogP contribution < -0.4 is 0 Å². The molecule has 39 heavy (non-hydrogen) atoms. The first-order valence-electron chi connectivity index (χ1n) is 15.6. The first kappa shape index (κ1) is 34.6. The Morgan fingerprint density at radius 2 is 1.54 bits per heavy atom. The molecular formula is C35H61BrO2Si. The van der Waals surface area contributed by atoms with Crippen LogP contribution in [0.25, 0.3) is 0 Å². The van der Waals surface area contributed by atoms with E-state index in [1.165, 1.54) is 46.2 Å². The molecule has 0 bridgehead atoms. The zero-order valence-electron chi connectivity index (χ0n) is 27.7. The molecule has 0 saturated carbocycles. The summed E-state index contributed by atoms with van der Waals surface area (Å²) in [6.45, 7) is 27.8. The maximum absolute atomic E-state index is 6.97. The van der Waals surface area contributed by atoms with E-state index < -0.39 is 8.32 Å². The number of hydrogen-bond donors (Lipinski definition) is 0. The molecule has 4 heteroatoms. The maximum Gasteiger partial charge on any atom is 0.250 e. The van der Waals surface area contributed by atoms with Crippen LogP contribution in [0.1, 0.15) is 140 Å². The molecule has 0 N–H and O–H groups in total. The van der Waals surface area contributed by atoms with Crippen LogP contribution in [-0.2, 0) is 9.16 Å². The van der Waals surface area contributed by atoms with Gasteiger partial charge < -0.3 is 9.16 Å². The lowest BCUT2D eigenvalue weighted by Crippen LogP contribution is -2.40. The van der Waals surface area contributed by atoms with Gasteiger partial charge in [-0.15, -0.1) is 0 Å². The SMILES string of the molecule is C/C(CCC1=C(Br)CC(C)(C)CC1)=C(\CC/C=C(\C)CC/C=C(\C)CC[C@@H]1OC1(C)C)O[Si](C)(C)C(C)(C)C. The van der Waals surface area contributed by atoms with Gasteiger partial charge in [0.15, 0.2) is 0 Å². The molecule has 0 aromatic rings. The lowest BCUT2D eigenvalue weighted by atomic mass is 9.77. The molecule has 1 fully saturated rings. The van der Waals surface area contributed by atoms with Gasteiger partial charge in [-0.05, 0) is 132 Å². The van der Waals surface area contributed by atoms with Crippen molar-refractivity contribution in [3.8, 4) is 0 Å². The van der Waals surface area contributed by atoms with Crippen molar-refractivity contribution in [1.29, 1.82) is 0 Å². The number of allylic oxidation sites excluding steroid dienone is 8. The number of rotatable bonds is 14. The first-order valence-corrected chi connectivity index (χ1v) is 19.3. The molecule has 2 nitrogen and oxygen atoms in total.